The molecule has 318 valence electrons. The van der Waals surface area contributed by atoms with Crippen LogP contribution in [0.2, 0.25) is 0 Å². The zero-order valence-electron chi connectivity index (χ0n) is 36.3. The van der Waals surface area contributed by atoms with Crippen LogP contribution in [0.25, 0.3) is 21.3 Å². The van der Waals surface area contributed by atoms with Crippen molar-refractivity contribution in [2.75, 3.05) is 50.1 Å². The number of anilines is 4. The summed E-state index contributed by atoms with van der Waals surface area (Å²) in [4.78, 5) is 26.2. The monoisotopic (exact) mass is 834 g/mol. The van der Waals surface area contributed by atoms with Gasteiger partial charge in [0.15, 0.2) is 22.5 Å². The Balaban J connectivity index is 0.969. The first-order valence-electron chi connectivity index (χ1n) is 21.7. The molecule has 6 heterocycles. The number of nitrogens with zero attached hydrogens (tertiary/aromatic N) is 7. The summed E-state index contributed by atoms with van der Waals surface area (Å²) in [6, 6.07) is 9.65. The molecule has 0 spiro atoms. The highest BCUT2D eigenvalue weighted by Crippen LogP contribution is 2.63. The SMILES string of the molecule is COc1ccc2sc(Nc3nnc4c(c3C)CCCN4c3ccc(-c4cnn(CC56CC(C)(C)CC(OCC[NH+]7CCCC7)(CC(C)(C)C5)C6)c4C)c(C(=O)O)n3)nc2c1. The summed E-state index contributed by atoms with van der Waals surface area (Å²) < 4.78 is 15.6. The Bertz CT molecular complexity index is 2410. The lowest BCUT2D eigenvalue weighted by Gasteiger charge is -2.61. The largest absolute Gasteiger partial charge is 0.497 e. The number of hydrogen-bond acceptors (Lipinski definition) is 11. The number of hydrogen-bond donors (Lipinski definition) is 3. The lowest BCUT2D eigenvalue weighted by atomic mass is 9.48. The minimum atomic E-state index is -1.08. The Hall–Kier alpha value is -4.66. The number of thiazole rings is 1. The van der Waals surface area contributed by atoms with E-state index in [-0.39, 0.29) is 27.5 Å². The second-order valence-electron chi connectivity index (χ2n) is 19.8. The van der Waals surface area contributed by atoms with Gasteiger partial charge in [0.25, 0.3) is 0 Å². The van der Waals surface area contributed by atoms with E-state index in [0.29, 0.717) is 29.6 Å². The van der Waals surface area contributed by atoms with E-state index >= 15 is 0 Å². The van der Waals surface area contributed by atoms with Crippen LogP contribution in [0.15, 0.2) is 36.5 Å². The zero-order valence-corrected chi connectivity index (χ0v) is 37.1. The van der Waals surface area contributed by atoms with Gasteiger partial charge in [-0.2, -0.15) is 5.10 Å². The number of benzene rings is 1. The minimum Gasteiger partial charge on any atom is -0.497 e. The molecule has 3 N–H and O–H groups in total. The Morgan fingerprint density at radius 1 is 0.950 bits per heavy atom. The third kappa shape index (κ3) is 7.86. The number of carbonyl (C=O) groups is 1. The van der Waals surface area contributed by atoms with Crippen molar-refractivity contribution in [3.05, 3.63) is 59.0 Å². The van der Waals surface area contributed by atoms with E-state index in [4.69, 9.17) is 24.5 Å². The highest BCUT2D eigenvalue weighted by Gasteiger charge is 2.59. The fraction of sp³-hybridized carbons (Fsp3) is 0.565. The van der Waals surface area contributed by atoms with Crippen molar-refractivity contribution >= 4 is 50.1 Å². The van der Waals surface area contributed by atoms with Crippen LogP contribution in [0.5, 0.6) is 5.75 Å². The smallest absolute Gasteiger partial charge is 0.355 e. The Morgan fingerprint density at radius 2 is 1.72 bits per heavy atom. The van der Waals surface area contributed by atoms with Crippen LogP contribution in [-0.2, 0) is 17.7 Å². The molecule has 0 unspecified atom stereocenters. The molecule has 60 heavy (non-hydrogen) atoms. The van der Waals surface area contributed by atoms with Gasteiger partial charge < -0.3 is 29.7 Å². The molecule has 2 saturated carbocycles. The van der Waals surface area contributed by atoms with Crippen molar-refractivity contribution in [3.63, 3.8) is 0 Å². The summed E-state index contributed by atoms with van der Waals surface area (Å²) in [6.45, 7) is 19.7. The van der Waals surface area contributed by atoms with E-state index < -0.39 is 5.97 Å². The quantitative estimate of drug-likeness (QED) is 0.113. The molecule has 1 aromatic carbocycles. The number of quaternary nitrogens is 1. The molecule has 2 aliphatic heterocycles. The van der Waals surface area contributed by atoms with E-state index in [9.17, 15) is 9.90 Å². The molecule has 2 aliphatic carbocycles. The molecule has 0 atom stereocenters. The van der Waals surface area contributed by atoms with Gasteiger partial charge in [0.05, 0.1) is 48.8 Å². The maximum atomic E-state index is 13.0. The summed E-state index contributed by atoms with van der Waals surface area (Å²) in [5.41, 5.74) is 5.33. The van der Waals surface area contributed by atoms with E-state index in [2.05, 4.69) is 54.8 Å². The molecule has 0 amide bonds. The number of aromatic carboxylic acids is 1. The molecule has 0 radical (unpaired) electrons. The second-order valence-corrected chi connectivity index (χ2v) is 20.9. The molecular formula is C46H60N9O4S+. The predicted octanol–water partition coefficient (Wildman–Crippen LogP) is 7.95. The van der Waals surface area contributed by atoms with E-state index in [0.717, 1.165) is 108 Å². The maximum absolute atomic E-state index is 13.0. The van der Waals surface area contributed by atoms with Crippen molar-refractivity contribution in [1.29, 1.82) is 0 Å². The van der Waals surface area contributed by atoms with Gasteiger partial charge in [-0.3, -0.25) is 4.68 Å². The van der Waals surface area contributed by atoms with Crippen LogP contribution in [0, 0.1) is 30.1 Å². The number of carboxylic acids is 1. The number of methoxy groups -OCH3 is 1. The number of pyridine rings is 1. The lowest BCUT2D eigenvalue weighted by Crippen LogP contribution is -3.10. The van der Waals surface area contributed by atoms with Crippen molar-refractivity contribution in [3.8, 4) is 16.9 Å². The van der Waals surface area contributed by atoms with Gasteiger partial charge in [-0.15, -0.1) is 10.2 Å². The first-order valence-corrected chi connectivity index (χ1v) is 22.6. The summed E-state index contributed by atoms with van der Waals surface area (Å²) in [5.74, 6) is 1.56. The molecule has 5 aromatic rings. The van der Waals surface area contributed by atoms with Gasteiger partial charge in [0.2, 0.25) is 0 Å². The van der Waals surface area contributed by atoms with Crippen LogP contribution >= 0.6 is 11.3 Å². The Morgan fingerprint density at radius 3 is 2.45 bits per heavy atom. The summed E-state index contributed by atoms with van der Waals surface area (Å²) in [5, 5.41) is 29.0. The summed E-state index contributed by atoms with van der Waals surface area (Å²) in [7, 11) is 1.65. The van der Waals surface area contributed by atoms with Crippen LogP contribution in [0.1, 0.15) is 106 Å². The number of likely N-dealkylation sites (tertiary alicyclic amines) is 1. The van der Waals surface area contributed by atoms with Crippen LogP contribution in [0.4, 0.5) is 22.6 Å². The molecule has 3 fully saturated rings. The average molecular weight is 835 g/mol. The normalized spacial score (nSPS) is 23.5. The molecule has 9 rings (SSSR count). The summed E-state index contributed by atoms with van der Waals surface area (Å²) in [6.07, 6.45) is 11.6. The molecule has 13 nitrogen and oxygen atoms in total. The molecular weight excluding hydrogens is 775 g/mol. The third-order valence-corrected chi connectivity index (χ3v) is 14.6. The highest BCUT2D eigenvalue weighted by atomic mass is 32.1. The van der Waals surface area contributed by atoms with Gasteiger partial charge in [-0.25, -0.2) is 14.8 Å². The van der Waals surface area contributed by atoms with Gasteiger partial charge in [-0.05, 0) is 99.3 Å². The van der Waals surface area contributed by atoms with E-state index in [1.165, 1.54) is 25.9 Å². The zero-order chi connectivity index (χ0) is 42.0. The molecule has 1 saturated heterocycles. The Kier molecular flexibility index (Phi) is 10.4. The highest BCUT2D eigenvalue weighted by molar-refractivity contribution is 7.22. The number of carboxylic acid groups (broad SMARTS) is 1. The topological polar surface area (TPSA) is 145 Å². The van der Waals surface area contributed by atoms with Crippen molar-refractivity contribution in [2.24, 2.45) is 16.2 Å². The lowest BCUT2D eigenvalue weighted by molar-refractivity contribution is -0.888. The Labute approximate surface area is 356 Å². The van der Waals surface area contributed by atoms with Crippen molar-refractivity contribution in [1.82, 2.24) is 29.9 Å². The third-order valence-electron chi connectivity index (χ3n) is 13.6. The number of ether oxygens (including phenoxy) is 2. The molecule has 4 aromatic heterocycles. The summed E-state index contributed by atoms with van der Waals surface area (Å²) >= 11 is 1.55. The van der Waals surface area contributed by atoms with Gasteiger partial charge in [-0.1, -0.05) is 39.0 Å². The van der Waals surface area contributed by atoms with E-state index in [1.807, 2.05) is 48.4 Å². The fourth-order valence-corrected chi connectivity index (χ4v) is 12.9. The fourth-order valence-electron chi connectivity index (χ4n) is 12.1. The first-order chi connectivity index (χ1) is 28.6. The maximum Gasteiger partial charge on any atom is 0.355 e. The molecule has 14 heteroatoms. The van der Waals surface area contributed by atoms with Crippen molar-refractivity contribution < 1.29 is 24.3 Å². The average Bonchev–Trinajstić information content (AvgIpc) is 3.94. The standard InChI is InChI=1S/C46H59N9O4S/c1-29-32-11-10-18-54(40(32)52-51-39(29)50-42-48-35-21-31(58-7)12-14-36(35)60-42)37-15-13-33(38(49-37)41(56)57)34-22-47-55(30(34)2)28-45-23-43(3,4)25-46(27-45,26-44(5,6)24-45)59-20-19-53-16-8-9-17-53/h12-15,21-22H,8-11,16-20,23-28H2,1-7H3,(H,56,57)(H,48,50,51)/p+1. The molecule has 4 aliphatic rings. The molecule has 2 bridgehead atoms. The van der Waals surface area contributed by atoms with Gasteiger partial charge in [0, 0.05) is 59.9 Å². The van der Waals surface area contributed by atoms with Crippen LogP contribution in [-0.4, -0.2) is 86.5 Å². The van der Waals surface area contributed by atoms with Gasteiger partial charge >= 0.3 is 5.97 Å². The first kappa shape index (κ1) is 40.7. The number of fused-ring (bicyclic) bond motifs is 4. The van der Waals surface area contributed by atoms with Crippen molar-refractivity contribution in [2.45, 2.75) is 111 Å². The predicted molar refractivity (Wildman–Crippen MR) is 235 cm³/mol. The second kappa shape index (κ2) is 15.4. The van der Waals surface area contributed by atoms with E-state index in [1.54, 1.807) is 23.3 Å². The number of nitrogens with one attached hydrogen (secondary N) is 2. The number of aromatic nitrogens is 6. The van der Waals surface area contributed by atoms with Crippen LogP contribution in [0.3, 0.4) is 0 Å². The van der Waals surface area contributed by atoms with Crippen LogP contribution < -0.4 is 19.9 Å². The number of rotatable bonds is 12. The minimum absolute atomic E-state index is 0.000944. The van der Waals surface area contributed by atoms with Gasteiger partial charge in [0.1, 0.15) is 18.1 Å².